The number of aryl methyl sites for hydroxylation is 2. The summed E-state index contributed by atoms with van der Waals surface area (Å²) in [6.45, 7) is 3.87. The fourth-order valence-corrected chi connectivity index (χ4v) is 2.70. The number of methoxy groups -OCH3 is 1. The van der Waals surface area contributed by atoms with E-state index in [-0.39, 0.29) is 17.1 Å². The van der Waals surface area contributed by atoms with Gasteiger partial charge in [0.05, 0.1) is 29.7 Å². The molecule has 3 rings (SSSR count). The molecule has 6 heteroatoms. The number of nitrogens with zero attached hydrogens (tertiary/aromatic N) is 2. The first-order chi connectivity index (χ1) is 12.0. The lowest BCUT2D eigenvalue weighted by Crippen LogP contribution is -2.15. The van der Waals surface area contributed by atoms with Gasteiger partial charge in [-0.1, -0.05) is 18.2 Å². The molecule has 0 spiro atoms. The monoisotopic (exact) mass is 337 g/mol. The normalized spacial score (nSPS) is 10.5. The second-order valence-corrected chi connectivity index (χ2v) is 5.67. The smallest absolute Gasteiger partial charge is 0.259 e. The van der Waals surface area contributed by atoms with Crippen LogP contribution in [0.3, 0.4) is 0 Å². The van der Waals surface area contributed by atoms with Gasteiger partial charge in [-0.2, -0.15) is 5.10 Å². The second-order valence-electron chi connectivity index (χ2n) is 5.67. The highest BCUT2D eigenvalue weighted by Crippen LogP contribution is 2.30. The fourth-order valence-electron chi connectivity index (χ4n) is 2.70. The molecule has 25 heavy (non-hydrogen) atoms. The van der Waals surface area contributed by atoms with Gasteiger partial charge in [-0.25, -0.2) is 4.68 Å². The van der Waals surface area contributed by atoms with Crippen LogP contribution in [0.15, 0.2) is 48.5 Å². The minimum Gasteiger partial charge on any atom is -0.504 e. The zero-order chi connectivity index (χ0) is 18.0. The number of amides is 1. The molecule has 0 saturated heterocycles. The molecule has 0 bridgehead atoms. The Labute approximate surface area is 145 Å². The molecule has 0 fully saturated rings. The summed E-state index contributed by atoms with van der Waals surface area (Å²) in [5.41, 5.74) is 3.35. The minimum absolute atomic E-state index is 0.141. The molecule has 0 saturated carbocycles. The van der Waals surface area contributed by atoms with E-state index in [9.17, 15) is 9.90 Å². The van der Waals surface area contributed by atoms with E-state index >= 15 is 0 Å². The quantitative estimate of drug-likeness (QED) is 0.764. The molecule has 2 aromatic carbocycles. The van der Waals surface area contributed by atoms with Crippen molar-refractivity contribution in [1.29, 1.82) is 0 Å². The van der Waals surface area contributed by atoms with Gasteiger partial charge in [0.1, 0.15) is 0 Å². The Bertz CT molecular complexity index is 931. The molecule has 0 aliphatic rings. The lowest BCUT2D eigenvalue weighted by molar-refractivity contribution is 0.102. The van der Waals surface area contributed by atoms with Crippen LogP contribution in [0.2, 0.25) is 0 Å². The molecular weight excluding hydrogens is 318 g/mol. The number of para-hydroxylation sites is 3. The molecule has 1 amide bonds. The van der Waals surface area contributed by atoms with Gasteiger partial charge in [-0.3, -0.25) is 4.79 Å². The number of aromatic nitrogens is 2. The van der Waals surface area contributed by atoms with Gasteiger partial charge < -0.3 is 15.2 Å². The summed E-state index contributed by atoms with van der Waals surface area (Å²) < 4.78 is 6.83. The first-order valence-corrected chi connectivity index (χ1v) is 7.81. The average Bonchev–Trinajstić information content (AvgIpc) is 2.93. The van der Waals surface area contributed by atoms with Crippen molar-refractivity contribution in [2.24, 2.45) is 0 Å². The highest BCUT2D eigenvalue weighted by Gasteiger charge is 2.17. The van der Waals surface area contributed by atoms with Gasteiger partial charge in [0.15, 0.2) is 11.5 Å². The lowest BCUT2D eigenvalue weighted by Gasteiger charge is -2.13. The Kier molecular flexibility index (Phi) is 4.43. The fraction of sp³-hybridized carbons (Fsp3) is 0.158. The maximum Gasteiger partial charge on any atom is 0.259 e. The highest BCUT2D eigenvalue weighted by atomic mass is 16.5. The van der Waals surface area contributed by atoms with Crippen molar-refractivity contribution >= 4 is 11.6 Å². The van der Waals surface area contributed by atoms with Crippen molar-refractivity contribution in [2.45, 2.75) is 13.8 Å². The molecule has 0 unspecified atom stereocenters. The molecule has 1 heterocycles. The first kappa shape index (κ1) is 16.6. The third-order valence-corrected chi connectivity index (χ3v) is 3.85. The van der Waals surface area contributed by atoms with Crippen LogP contribution in [0, 0.1) is 13.8 Å². The number of nitrogens with one attached hydrogen (secondary N) is 1. The van der Waals surface area contributed by atoms with E-state index in [1.807, 2.05) is 38.1 Å². The molecule has 2 N–H and O–H groups in total. The number of phenolic OH excluding ortho intramolecular Hbond substituents is 1. The van der Waals surface area contributed by atoms with Crippen molar-refractivity contribution in [3.05, 3.63) is 65.5 Å². The number of anilines is 1. The number of carbonyl (C=O) groups excluding carboxylic acids is 1. The van der Waals surface area contributed by atoms with Crippen LogP contribution < -0.4 is 10.1 Å². The Hall–Kier alpha value is -3.28. The van der Waals surface area contributed by atoms with Crippen LogP contribution in [0.25, 0.3) is 5.69 Å². The van der Waals surface area contributed by atoms with Crippen molar-refractivity contribution in [3.8, 4) is 17.2 Å². The van der Waals surface area contributed by atoms with Gasteiger partial charge in [-0.05, 0) is 44.2 Å². The largest absolute Gasteiger partial charge is 0.504 e. The van der Waals surface area contributed by atoms with Crippen LogP contribution in [0.4, 0.5) is 5.69 Å². The molecular formula is C19H19N3O3. The first-order valence-electron chi connectivity index (χ1n) is 7.81. The van der Waals surface area contributed by atoms with E-state index in [0.29, 0.717) is 5.69 Å². The summed E-state index contributed by atoms with van der Waals surface area (Å²) in [5.74, 6) is -0.365. The van der Waals surface area contributed by atoms with Gasteiger partial charge >= 0.3 is 0 Å². The summed E-state index contributed by atoms with van der Waals surface area (Å²) >= 11 is 0. The number of ether oxygens (including phenoxy) is 1. The summed E-state index contributed by atoms with van der Waals surface area (Å²) in [6, 6.07) is 14.1. The van der Waals surface area contributed by atoms with E-state index in [0.717, 1.165) is 17.1 Å². The van der Waals surface area contributed by atoms with E-state index in [1.54, 1.807) is 28.9 Å². The standard InChI is InChI=1S/C19H19N3O3/c1-12-11-13(2)22(21-12)16-9-5-4-8-15(16)20-19(24)14-7-6-10-17(25-3)18(14)23/h4-11,23H,1-3H3,(H,20,24). The number of benzene rings is 2. The highest BCUT2D eigenvalue weighted by molar-refractivity contribution is 6.07. The molecule has 6 nitrogen and oxygen atoms in total. The van der Waals surface area contributed by atoms with E-state index in [4.69, 9.17) is 4.74 Å². The number of carbonyl (C=O) groups is 1. The Balaban J connectivity index is 1.97. The minimum atomic E-state index is -0.426. The van der Waals surface area contributed by atoms with Crippen LogP contribution >= 0.6 is 0 Å². The Morgan fingerprint density at radius 3 is 2.60 bits per heavy atom. The van der Waals surface area contributed by atoms with Crippen LogP contribution in [0.5, 0.6) is 11.5 Å². The predicted octanol–water partition coefficient (Wildman–Crippen LogP) is 3.46. The van der Waals surface area contributed by atoms with Gasteiger partial charge in [0.25, 0.3) is 5.91 Å². The zero-order valence-corrected chi connectivity index (χ0v) is 14.3. The molecule has 0 aliphatic carbocycles. The predicted molar refractivity (Wildman–Crippen MR) is 95.7 cm³/mol. The van der Waals surface area contributed by atoms with Crippen LogP contribution in [-0.2, 0) is 0 Å². The number of phenols is 1. The van der Waals surface area contributed by atoms with Gasteiger partial charge in [-0.15, -0.1) is 0 Å². The SMILES string of the molecule is COc1cccc(C(=O)Nc2ccccc2-n2nc(C)cc2C)c1O. The molecule has 128 valence electrons. The Morgan fingerprint density at radius 1 is 1.16 bits per heavy atom. The van der Waals surface area contributed by atoms with Crippen molar-refractivity contribution in [3.63, 3.8) is 0 Å². The number of hydrogen-bond acceptors (Lipinski definition) is 4. The van der Waals surface area contributed by atoms with E-state index in [2.05, 4.69) is 10.4 Å². The second kappa shape index (κ2) is 6.68. The topological polar surface area (TPSA) is 76.4 Å². The van der Waals surface area contributed by atoms with Crippen LogP contribution in [-0.4, -0.2) is 27.9 Å². The lowest BCUT2D eigenvalue weighted by atomic mass is 10.1. The Morgan fingerprint density at radius 2 is 1.92 bits per heavy atom. The van der Waals surface area contributed by atoms with E-state index in [1.165, 1.54) is 7.11 Å². The maximum atomic E-state index is 12.6. The number of aromatic hydroxyl groups is 1. The maximum absolute atomic E-state index is 12.6. The molecule has 1 aromatic heterocycles. The van der Waals surface area contributed by atoms with Gasteiger partial charge in [0.2, 0.25) is 0 Å². The molecule has 0 radical (unpaired) electrons. The molecule has 3 aromatic rings. The summed E-state index contributed by atoms with van der Waals surface area (Å²) in [5, 5.41) is 17.5. The average molecular weight is 337 g/mol. The van der Waals surface area contributed by atoms with Crippen molar-refractivity contribution in [2.75, 3.05) is 12.4 Å². The van der Waals surface area contributed by atoms with Crippen molar-refractivity contribution < 1.29 is 14.6 Å². The van der Waals surface area contributed by atoms with Crippen LogP contribution in [0.1, 0.15) is 21.7 Å². The number of hydrogen-bond donors (Lipinski definition) is 2. The summed E-state index contributed by atoms with van der Waals surface area (Å²) in [4.78, 5) is 12.6. The van der Waals surface area contributed by atoms with Gasteiger partial charge in [0, 0.05) is 5.69 Å². The summed E-state index contributed by atoms with van der Waals surface area (Å²) in [7, 11) is 1.44. The van der Waals surface area contributed by atoms with Crippen molar-refractivity contribution in [1.82, 2.24) is 9.78 Å². The third kappa shape index (κ3) is 3.19. The summed E-state index contributed by atoms with van der Waals surface area (Å²) in [6.07, 6.45) is 0. The molecule has 0 atom stereocenters. The molecule has 0 aliphatic heterocycles. The van der Waals surface area contributed by atoms with E-state index < -0.39 is 5.91 Å². The number of rotatable bonds is 4. The zero-order valence-electron chi connectivity index (χ0n) is 14.3. The third-order valence-electron chi connectivity index (χ3n) is 3.85.